The Morgan fingerprint density at radius 2 is 2.30 bits per heavy atom. The Morgan fingerprint density at radius 1 is 1.40 bits per heavy atom. The van der Waals surface area contributed by atoms with E-state index in [1.54, 1.807) is 0 Å². The smallest absolute Gasteiger partial charge is 0.123 e. The second-order valence-electron chi connectivity index (χ2n) is 5.85. The fourth-order valence-electron chi connectivity index (χ4n) is 3.44. The Kier molecular flexibility index (Phi) is 4.49. The molecule has 3 rings (SSSR count). The van der Waals surface area contributed by atoms with E-state index in [2.05, 4.69) is 4.90 Å². The molecule has 2 atom stereocenters. The highest BCUT2D eigenvalue weighted by molar-refractivity contribution is 6.30. The molecule has 0 bridgehead atoms. The van der Waals surface area contributed by atoms with Gasteiger partial charge in [0, 0.05) is 30.6 Å². The maximum absolute atomic E-state index is 8.99. The lowest BCUT2D eigenvalue weighted by Gasteiger charge is -2.26. The summed E-state index contributed by atoms with van der Waals surface area (Å²) in [4.78, 5) is 2.54. The molecule has 0 saturated carbocycles. The largest absolute Gasteiger partial charge is 0.488 e. The fourth-order valence-corrected chi connectivity index (χ4v) is 3.64. The van der Waals surface area contributed by atoms with E-state index < -0.39 is 0 Å². The normalized spacial score (nSPS) is 25.7. The number of fused-ring (bicyclic) bond motifs is 1. The summed E-state index contributed by atoms with van der Waals surface area (Å²) in [6.45, 7) is 2.45. The van der Waals surface area contributed by atoms with Crippen molar-refractivity contribution in [2.24, 2.45) is 0 Å². The van der Waals surface area contributed by atoms with Gasteiger partial charge in [-0.05, 0) is 56.0 Å². The van der Waals surface area contributed by atoms with Crippen LogP contribution in [0.2, 0.25) is 5.02 Å². The molecule has 1 N–H and O–H groups in total. The summed E-state index contributed by atoms with van der Waals surface area (Å²) in [6.07, 6.45) is 5.73. The number of hydrogen-bond donors (Lipinski definition) is 1. The molecule has 0 amide bonds. The van der Waals surface area contributed by atoms with Gasteiger partial charge in [-0.1, -0.05) is 11.6 Å². The van der Waals surface area contributed by atoms with E-state index in [0.29, 0.717) is 12.6 Å². The first-order valence-electron chi connectivity index (χ1n) is 7.56. The molecule has 2 aliphatic rings. The van der Waals surface area contributed by atoms with Crippen molar-refractivity contribution in [1.29, 1.82) is 0 Å². The lowest BCUT2D eigenvalue weighted by atomic mass is 10.1. The summed E-state index contributed by atoms with van der Waals surface area (Å²) >= 11 is 6.03. The number of likely N-dealkylation sites (tertiary alicyclic amines) is 1. The van der Waals surface area contributed by atoms with Crippen LogP contribution in [0.4, 0.5) is 0 Å². The summed E-state index contributed by atoms with van der Waals surface area (Å²) in [7, 11) is 0. The number of benzene rings is 1. The third kappa shape index (κ3) is 3.11. The first kappa shape index (κ1) is 14.2. The van der Waals surface area contributed by atoms with Gasteiger partial charge >= 0.3 is 0 Å². The minimum Gasteiger partial charge on any atom is -0.488 e. The molecule has 1 aromatic carbocycles. The van der Waals surface area contributed by atoms with E-state index in [9.17, 15) is 0 Å². The van der Waals surface area contributed by atoms with E-state index in [0.717, 1.165) is 43.1 Å². The number of halogens is 1. The average molecular weight is 296 g/mol. The third-order valence-corrected chi connectivity index (χ3v) is 4.63. The zero-order chi connectivity index (χ0) is 13.9. The lowest BCUT2D eigenvalue weighted by Crippen LogP contribution is -2.38. The first-order valence-corrected chi connectivity index (χ1v) is 7.94. The molecule has 110 valence electrons. The van der Waals surface area contributed by atoms with Crippen molar-refractivity contribution in [3.8, 4) is 5.75 Å². The summed E-state index contributed by atoms with van der Waals surface area (Å²) in [5, 5.41) is 9.77. The number of aliphatic hydroxyl groups excluding tert-OH is 1. The van der Waals surface area contributed by atoms with E-state index in [1.807, 2.05) is 18.2 Å². The van der Waals surface area contributed by atoms with Crippen LogP contribution in [0.25, 0.3) is 0 Å². The van der Waals surface area contributed by atoms with Crippen molar-refractivity contribution in [3.05, 3.63) is 28.8 Å². The molecule has 1 aromatic rings. The van der Waals surface area contributed by atoms with E-state index >= 15 is 0 Å². The van der Waals surface area contributed by atoms with E-state index in [4.69, 9.17) is 21.4 Å². The van der Waals surface area contributed by atoms with Gasteiger partial charge < -0.3 is 9.84 Å². The number of ether oxygens (including phenoxy) is 1. The summed E-state index contributed by atoms with van der Waals surface area (Å²) in [5.74, 6) is 0.991. The minimum absolute atomic E-state index is 0.248. The van der Waals surface area contributed by atoms with Crippen LogP contribution in [0, 0.1) is 0 Å². The van der Waals surface area contributed by atoms with Gasteiger partial charge in [0.2, 0.25) is 0 Å². The Hall–Kier alpha value is -0.770. The molecule has 0 aromatic heterocycles. The molecule has 2 unspecified atom stereocenters. The summed E-state index contributed by atoms with van der Waals surface area (Å²) in [5.41, 5.74) is 1.23. The number of aliphatic hydroxyl groups is 1. The van der Waals surface area contributed by atoms with Crippen LogP contribution < -0.4 is 4.74 Å². The van der Waals surface area contributed by atoms with Gasteiger partial charge in [-0.25, -0.2) is 0 Å². The van der Waals surface area contributed by atoms with E-state index in [1.165, 1.54) is 18.4 Å². The molecular formula is C16H22ClNO2. The monoisotopic (exact) mass is 295 g/mol. The van der Waals surface area contributed by atoms with Crippen LogP contribution >= 0.6 is 11.6 Å². The average Bonchev–Trinajstić information content (AvgIpc) is 3.02. The zero-order valence-corrected chi connectivity index (χ0v) is 12.5. The van der Waals surface area contributed by atoms with Crippen molar-refractivity contribution in [1.82, 2.24) is 4.90 Å². The predicted molar refractivity (Wildman–Crippen MR) is 80.5 cm³/mol. The molecule has 2 heterocycles. The Morgan fingerprint density at radius 3 is 3.15 bits per heavy atom. The van der Waals surface area contributed by atoms with Crippen LogP contribution in [0.1, 0.15) is 31.2 Å². The standard InChI is InChI=1S/C16H22ClNO2/c17-13-5-6-16-12(9-13)10-15(20-16)11-18-7-1-3-14(18)4-2-8-19/h5-6,9,14-15,19H,1-4,7-8,10-11H2. The second kappa shape index (κ2) is 6.33. The van der Waals surface area contributed by atoms with Crippen LogP contribution in [0.5, 0.6) is 5.75 Å². The zero-order valence-electron chi connectivity index (χ0n) is 11.7. The Bertz CT molecular complexity index is 466. The molecule has 3 nitrogen and oxygen atoms in total. The number of rotatable bonds is 5. The maximum Gasteiger partial charge on any atom is 0.123 e. The highest BCUT2D eigenvalue weighted by atomic mass is 35.5. The van der Waals surface area contributed by atoms with Crippen molar-refractivity contribution in [2.45, 2.75) is 44.2 Å². The molecule has 0 aliphatic carbocycles. The van der Waals surface area contributed by atoms with Crippen LogP contribution in [0.3, 0.4) is 0 Å². The third-order valence-electron chi connectivity index (χ3n) is 4.40. The van der Waals surface area contributed by atoms with E-state index in [-0.39, 0.29) is 6.10 Å². The van der Waals surface area contributed by atoms with Gasteiger partial charge in [-0.3, -0.25) is 4.90 Å². The van der Waals surface area contributed by atoms with Gasteiger partial charge in [0.15, 0.2) is 0 Å². The SMILES string of the molecule is OCCCC1CCCN1CC1Cc2cc(Cl)ccc2O1. The van der Waals surface area contributed by atoms with Gasteiger partial charge in [0.05, 0.1) is 0 Å². The van der Waals surface area contributed by atoms with Crippen molar-refractivity contribution in [2.75, 3.05) is 19.7 Å². The first-order chi connectivity index (χ1) is 9.76. The van der Waals surface area contributed by atoms with Crippen LogP contribution in [0.15, 0.2) is 18.2 Å². The molecule has 20 heavy (non-hydrogen) atoms. The molecule has 0 radical (unpaired) electrons. The van der Waals surface area contributed by atoms with Crippen molar-refractivity contribution < 1.29 is 9.84 Å². The molecule has 2 aliphatic heterocycles. The Balaban J connectivity index is 1.57. The van der Waals surface area contributed by atoms with Crippen LogP contribution in [-0.4, -0.2) is 41.8 Å². The quantitative estimate of drug-likeness (QED) is 0.907. The Labute approximate surface area is 125 Å². The van der Waals surface area contributed by atoms with Crippen molar-refractivity contribution in [3.63, 3.8) is 0 Å². The molecule has 1 fully saturated rings. The minimum atomic E-state index is 0.248. The van der Waals surface area contributed by atoms with Gasteiger partial charge in [0.25, 0.3) is 0 Å². The summed E-state index contributed by atoms with van der Waals surface area (Å²) < 4.78 is 6.03. The highest BCUT2D eigenvalue weighted by Gasteiger charge is 2.30. The molecular weight excluding hydrogens is 274 g/mol. The maximum atomic E-state index is 8.99. The fraction of sp³-hybridized carbons (Fsp3) is 0.625. The topological polar surface area (TPSA) is 32.7 Å². The molecule has 0 spiro atoms. The van der Waals surface area contributed by atoms with Gasteiger partial charge in [-0.15, -0.1) is 0 Å². The lowest BCUT2D eigenvalue weighted by molar-refractivity contribution is 0.134. The number of hydrogen-bond acceptors (Lipinski definition) is 3. The van der Waals surface area contributed by atoms with Gasteiger partial charge in [0.1, 0.15) is 11.9 Å². The number of nitrogens with zero attached hydrogens (tertiary/aromatic N) is 1. The molecule has 4 heteroatoms. The predicted octanol–water partition coefficient (Wildman–Crippen LogP) is 2.88. The van der Waals surface area contributed by atoms with Crippen LogP contribution in [-0.2, 0) is 6.42 Å². The highest BCUT2D eigenvalue weighted by Crippen LogP contribution is 2.32. The van der Waals surface area contributed by atoms with Crippen molar-refractivity contribution >= 4 is 11.6 Å². The molecule has 1 saturated heterocycles. The van der Waals surface area contributed by atoms with Gasteiger partial charge in [-0.2, -0.15) is 0 Å². The summed E-state index contributed by atoms with van der Waals surface area (Å²) in [6, 6.07) is 6.51. The second-order valence-corrected chi connectivity index (χ2v) is 6.29.